The van der Waals surface area contributed by atoms with Gasteiger partial charge in [-0.15, -0.1) is 0 Å². The molecule has 0 aromatic heterocycles. The van der Waals surface area contributed by atoms with Crippen LogP contribution in [0.1, 0.15) is 240 Å². The molecule has 1 aliphatic carbocycles. The van der Waals surface area contributed by atoms with Gasteiger partial charge in [0.2, 0.25) is 0 Å². The minimum absolute atomic E-state index is 0.00835. The van der Waals surface area contributed by atoms with Crippen molar-refractivity contribution < 1.29 is 24.2 Å². The molecule has 0 bridgehead atoms. The van der Waals surface area contributed by atoms with Gasteiger partial charge in [0, 0.05) is 13.2 Å². The standard InChI is InChI=1S/C48H93NO5/c1-6-9-12-15-16-21-29-41-53-45(51)42-48(35-36-48)34-26-22-28-38-49(39-30-40-50)37-27-20-19-25-33-47(4,5)46(52)54-43-44(31-23-17-13-10-7-2)32-24-18-14-11-8-3/h44,50H,6-43H2,1-5H3. The molecule has 0 unspecified atom stereocenters. The number of nitrogens with zero attached hydrogens (tertiary/aromatic N) is 1. The van der Waals surface area contributed by atoms with Gasteiger partial charge >= 0.3 is 11.9 Å². The molecule has 0 amide bonds. The highest BCUT2D eigenvalue weighted by Gasteiger charge is 2.43. The summed E-state index contributed by atoms with van der Waals surface area (Å²) in [6.07, 6.45) is 38.0. The SMILES string of the molecule is CCCCCCCCCOC(=O)CC1(CCCCCN(CCCO)CCCCCCC(C)(C)C(=O)OCC(CCCCCCC)CCCCCCC)CC1. The van der Waals surface area contributed by atoms with Crippen molar-refractivity contribution in [1.29, 1.82) is 0 Å². The molecule has 6 heteroatoms. The lowest BCUT2D eigenvalue weighted by Crippen LogP contribution is -2.29. The minimum Gasteiger partial charge on any atom is -0.466 e. The largest absolute Gasteiger partial charge is 0.466 e. The summed E-state index contributed by atoms with van der Waals surface area (Å²) in [5.74, 6) is 0.524. The van der Waals surface area contributed by atoms with E-state index in [1.54, 1.807) is 0 Å². The smallest absolute Gasteiger partial charge is 0.311 e. The molecule has 1 saturated carbocycles. The maximum Gasteiger partial charge on any atom is 0.311 e. The molecule has 1 aliphatic rings. The van der Waals surface area contributed by atoms with Crippen LogP contribution in [0.3, 0.4) is 0 Å². The van der Waals surface area contributed by atoms with Crippen molar-refractivity contribution in [2.45, 2.75) is 240 Å². The molecule has 0 atom stereocenters. The van der Waals surface area contributed by atoms with Crippen LogP contribution in [0.25, 0.3) is 0 Å². The first-order chi connectivity index (χ1) is 26.2. The Morgan fingerprint density at radius 1 is 0.611 bits per heavy atom. The van der Waals surface area contributed by atoms with Crippen LogP contribution in [0.4, 0.5) is 0 Å². The topological polar surface area (TPSA) is 76.1 Å². The summed E-state index contributed by atoms with van der Waals surface area (Å²) in [4.78, 5) is 28.2. The van der Waals surface area contributed by atoms with Crippen molar-refractivity contribution >= 4 is 11.9 Å². The number of esters is 2. The van der Waals surface area contributed by atoms with Crippen molar-refractivity contribution in [3.05, 3.63) is 0 Å². The number of carbonyl (C=O) groups excluding carboxylic acids is 2. The summed E-state index contributed by atoms with van der Waals surface area (Å²) in [5, 5.41) is 9.48. The number of unbranched alkanes of at least 4 members (excludes halogenated alkanes) is 19. The van der Waals surface area contributed by atoms with Gasteiger partial charge in [0.1, 0.15) is 0 Å². The Morgan fingerprint density at radius 2 is 1.09 bits per heavy atom. The fraction of sp³-hybridized carbons (Fsp3) is 0.958. The Hall–Kier alpha value is -1.14. The van der Waals surface area contributed by atoms with Crippen molar-refractivity contribution in [2.24, 2.45) is 16.7 Å². The Kier molecular flexibility index (Phi) is 32.0. The van der Waals surface area contributed by atoms with E-state index < -0.39 is 5.41 Å². The van der Waals surface area contributed by atoms with Gasteiger partial charge in [-0.25, -0.2) is 0 Å². The summed E-state index contributed by atoms with van der Waals surface area (Å²) in [6.45, 7) is 15.5. The minimum atomic E-state index is -0.424. The van der Waals surface area contributed by atoms with Crippen LogP contribution in [-0.2, 0) is 19.1 Å². The van der Waals surface area contributed by atoms with Gasteiger partial charge in [0.25, 0.3) is 0 Å². The maximum absolute atomic E-state index is 13.2. The van der Waals surface area contributed by atoms with Gasteiger partial charge in [0.15, 0.2) is 0 Å². The number of hydrogen-bond acceptors (Lipinski definition) is 6. The van der Waals surface area contributed by atoms with Crippen molar-refractivity contribution in [3.8, 4) is 0 Å². The van der Waals surface area contributed by atoms with E-state index in [4.69, 9.17) is 9.47 Å². The predicted molar refractivity (Wildman–Crippen MR) is 230 cm³/mol. The van der Waals surface area contributed by atoms with Crippen molar-refractivity contribution in [1.82, 2.24) is 4.90 Å². The van der Waals surface area contributed by atoms with Gasteiger partial charge in [-0.2, -0.15) is 0 Å². The zero-order chi connectivity index (χ0) is 39.6. The van der Waals surface area contributed by atoms with E-state index in [1.807, 2.05) is 0 Å². The molecular weight excluding hydrogens is 671 g/mol. The van der Waals surface area contributed by atoms with Crippen molar-refractivity contribution in [2.75, 3.05) is 39.5 Å². The molecule has 54 heavy (non-hydrogen) atoms. The van der Waals surface area contributed by atoms with E-state index in [9.17, 15) is 14.7 Å². The van der Waals surface area contributed by atoms with Gasteiger partial charge < -0.3 is 19.5 Å². The molecule has 320 valence electrons. The van der Waals surface area contributed by atoms with E-state index in [2.05, 4.69) is 39.5 Å². The van der Waals surface area contributed by atoms with E-state index in [0.717, 1.165) is 58.2 Å². The second-order valence-electron chi connectivity index (χ2n) is 18.2. The Morgan fingerprint density at radius 3 is 1.65 bits per heavy atom. The van der Waals surface area contributed by atoms with Gasteiger partial charge in [0.05, 0.1) is 25.0 Å². The first-order valence-electron chi connectivity index (χ1n) is 23.9. The lowest BCUT2D eigenvalue weighted by atomic mass is 9.86. The molecule has 1 rings (SSSR count). The lowest BCUT2D eigenvalue weighted by Gasteiger charge is -2.25. The quantitative estimate of drug-likeness (QED) is 0.0494. The lowest BCUT2D eigenvalue weighted by molar-refractivity contribution is -0.156. The molecule has 0 aromatic carbocycles. The van der Waals surface area contributed by atoms with E-state index in [0.29, 0.717) is 25.6 Å². The average Bonchev–Trinajstić information content (AvgIpc) is 3.92. The second-order valence-corrected chi connectivity index (χ2v) is 18.2. The molecule has 1 fully saturated rings. The summed E-state index contributed by atoms with van der Waals surface area (Å²) >= 11 is 0. The molecule has 0 heterocycles. The number of aliphatic hydroxyl groups excluding tert-OH is 1. The summed E-state index contributed by atoms with van der Waals surface area (Å²) in [5.41, 5.74) is -0.199. The highest BCUT2D eigenvalue weighted by molar-refractivity contribution is 5.75. The Balaban J connectivity index is 2.25. The van der Waals surface area contributed by atoms with Crippen LogP contribution in [0.5, 0.6) is 0 Å². The van der Waals surface area contributed by atoms with Crippen LogP contribution in [0.2, 0.25) is 0 Å². The third-order valence-electron chi connectivity index (χ3n) is 12.3. The first kappa shape index (κ1) is 50.9. The molecule has 0 saturated heterocycles. The molecule has 6 nitrogen and oxygen atoms in total. The highest BCUT2D eigenvalue weighted by atomic mass is 16.5. The molecular formula is C48H93NO5. The Labute approximate surface area is 336 Å². The molecule has 0 aliphatic heterocycles. The zero-order valence-corrected chi connectivity index (χ0v) is 37.0. The third-order valence-corrected chi connectivity index (χ3v) is 12.3. The maximum atomic E-state index is 13.2. The van der Waals surface area contributed by atoms with E-state index in [1.165, 1.54) is 161 Å². The van der Waals surface area contributed by atoms with Gasteiger partial charge in [-0.3, -0.25) is 9.59 Å². The molecule has 0 radical (unpaired) electrons. The van der Waals surface area contributed by atoms with E-state index in [-0.39, 0.29) is 24.0 Å². The van der Waals surface area contributed by atoms with Crippen LogP contribution < -0.4 is 0 Å². The van der Waals surface area contributed by atoms with Crippen LogP contribution in [0, 0.1) is 16.7 Å². The number of carbonyl (C=O) groups is 2. The monoisotopic (exact) mass is 764 g/mol. The third kappa shape index (κ3) is 28.3. The van der Waals surface area contributed by atoms with Crippen LogP contribution >= 0.6 is 0 Å². The number of rotatable bonds is 41. The highest BCUT2D eigenvalue weighted by Crippen LogP contribution is 2.53. The average molecular weight is 764 g/mol. The van der Waals surface area contributed by atoms with Crippen LogP contribution in [0.15, 0.2) is 0 Å². The zero-order valence-electron chi connectivity index (χ0n) is 37.0. The van der Waals surface area contributed by atoms with Gasteiger partial charge in [-0.05, 0) is 102 Å². The first-order valence-corrected chi connectivity index (χ1v) is 23.9. The molecule has 0 aromatic rings. The number of ether oxygens (including phenoxy) is 2. The fourth-order valence-electron chi connectivity index (χ4n) is 8.07. The molecule has 0 spiro atoms. The van der Waals surface area contributed by atoms with Crippen LogP contribution in [-0.4, -0.2) is 61.4 Å². The fourth-order valence-corrected chi connectivity index (χ4v) is 8.07. The summed E-state index contributed by atoms with van der Waals surface area (Å²) < 4.78 is 11.6. The number of hydrogen-bond donors (Lipinski definition) is 1. The summed E-state index contributed by atoms with van der Waals surface area (Å²) in [7, 11) is 0. The van der Waals surface area contributed by atoms with Crippen molar-refractivity contribution in [3.63, 3.8) is 0 Å². The molecule has 1 N–H and O–H groups in total. The number of aliphatic hydroxyl groups is 1. The normalized spacial score (nSPS) is 13.9. The predicted octanol–water partition coefficient (Wildman–Crippen LogP) is 13.6. The second kappa shape index (κ2) is 33.9. The Bertz CT molecular complexity index is 857. The van der Waals surface area contributed by atoms with Gasteiger partial charge in [-0.1, -0.05) is 156 Å². The summed E-state index contributed by atoms with van der Waals surface area (Å²) in [6, 6.07) is 0. The van der Waals surface area contributed by atoms with E-state index >= 15 is 0 Å².